The van der Waals surface area contributed by atoms with Gasteiger partial charge in [-0.15, -0.1) is 0 Å². The number of carbonyl (C=O) groups is 1. The van der Waals surface area contributed by atoms with Gasteiger partial charge in [0, 0.05) is 11.8 Å². The summed E-state index contributed by atoms with van der Waals surface area (Å²) < 4.78 is 6.60. The predicted octanol–water partition coefficient (Wildman–Crippen LogP) is 4.56. The van der Waals surface area contributed by atoms with E-state index in [0.717, 1.165) is 66.8 Å². The molecule has 0 aromatic carbocycles. The smallest absolute Gasteiger partial charge is 0.155 e. The average molecular weight is 351 g/mol. The average Bonchev–Trinajstić information content (AvgIpc) is 3.56. The Morgan fingerprint density at radius 3 is 2.88 bits per heavy atom. The minimum atomic E-state index is 0.0884. The van der Waals surface area contributed by atoms with Gasteiger partial charge in [-0.2, -0.15) is 0 Å². The number of rotatable bonds is 1. The van der Waals surface area contributed by atoms with Crippen LogP contribution in [-0.4, -0.2) is 18.0 Å². The first-order chi connectivity index (χ1) is 12.7. The van der Waals surface area contributed by atoms with Gasteiger partial charge in [-0.25, -0.2) is 0 Å². The van der Waals surface area contributed by atoms with Gasteiger partial charge >= 0.3 is 0 Å². The van der Waals surface area contributed by atoms with Crippen LogP contribution in [0.15, 0.2) is 23.8 Å². The van der Waals surface area contributed by atoms with Crippen molar-refractivity contribution in [3.8, 4) is 0 Å². The number of ether oxygens (including phenoxy) is 1. The Hall–Kier alpha value is -0.890. The summed E-state index contributed by atoms with van der Waals surface area (Å²) >= 11 is 0. The van der Waals surface area contributed by atoms with E-state index in [1.54, 1.807) is 5.57 Å². The van der Waals surface area contributed by atoms with E-state index in [0.29, 0.717) is 11.2 Å². The predicted molar refractivity (Wildman–Crippen MR) is 99.3 cm³/mol. The van der Waals surface area contributed by atoms with E-state index in [2.05, 4.69) is 25.2 Å². The molecular weight excluding hydrogens is 320 g/mol. The van der Waals surface area contributed by atoms with Crippen molar-refractivity contribution in [3.05, 3.63) is 23.8 Å². The number of fused-ring (bicyclic) bond motifs is 12. The fourth-order valence-electron chi connectivity index (χ4n) is 9.48. The van der Waals surface area contributed by atoms with E-state index in [9.17, 15) is 4.79 Å². The molecule has 0 N–H and O–H groups in total. The second kappa shape index (κ2) is 4.57. The van der Waals surface area contributed by atoms with Crippen molar-refractivity contribution in [1.29, 1.82) is 0 Å². The summed E-state index contributed by atoms with van der Waals surface area (Å²) in [6, 6.07) is 0. The maximum absolute atomic E-state index is 12.0. The zero-order chi connectivity index (χ0) is 17.3. The lowest BCUT2D eigenvalue weighted by molar-refractivity contribution is -0.145. The molecule has 26 heavy (non-hydrogen) atoms. The Morgan fingerprint density at radius 2 is 2.08 bits per heavy atom. The van der Waals surface area contributed by atoms with E-state index < -0.39 is 0 Å². The molecule has 1 spiro atoms. The van der Waals surface area contributed by atoms with Crippen LogP contribution in [0.25, 0.3) is 0 Å². The van der Waals surface area contributed by atoms with Crippen LogP contribution in [0.3, 0.4) is 0 Å². The molecule has 1 heterocycles. The quantitative estimate of drug-likeness (QED) is 0.648. The van der Waals surface area contributed by atoms with Gasteiger partial charge in [0.05, 0.1) is 12.2 Å². The highest BCUT2D eigenvalue weighted by atomic mass is 16.5. The van der Waals surface area contributed by atoms with Gasteiger partial charge in [0.2, 0.25) is 0 Å². The molecule has 1 aliphatic heterocycles. The van der Waals surface area contributed by atoms with Crippen LogP contribution >= 0.6 is 0 Å². The van der Waals surface area contributed by atoms with Gasteiger partial charge in [0.15, 0.2) is 5.78 Å². The van der Waals surface area contributed by atoms with Gasteiger partial charge in [0.25, 0.3) is 0 Å². The number of hydrogen-bond acceptors (Lipinski definition) is 2. The first-order valence-electron chi connectivity index (χ1n) is 11.3. The molecule has 3 unspecified atom stereocenters. The van der Waals surface area contributed by atoms with Crippen molar-refractivity contribution in [2.45, 2.75) is 57.5 Å². The van der Waals surface area contributed by atoms with Crippen molar-refractivity contribution in [3.63, 3.8) is 0 Å². The minimum absolute atomic E-state index is 0.0884. The number of ketones is 1. The first kappa shape index (κ1) is 15.1. The summed E-state index contributed by atoms with van der Waals surface area (Å²) in [7, 11) is 0. The van der Waals surface area contributed by atoms with Crippen molar-refractivity contribution >= 4 is 5.78 Å². The molecule has 2 heteroatoms. The summed E-state index contributed by atoms with van der Waals surface area (Å²) in [5.74, 6) is 7.25. The highest BCUT2D eigenvalue weighted by molar-refractivity contribution is 5.91. The molecule has 5 fully saturated rings. The number of allylic oxidation sites excluding steroid dienone is 1. The molecule has 2 nitrogen and oxygen atoms in total. The first-order valence-corrected chi connectivity index (χ1v) is 11.3. The van der Waals surface area contributed by atoms with Crippen LogP contribution in [0, 0.1) is 52.8 Å². The molecule has 0 aromatic rings. The Kier molecular flexibility index (Phi) is 2.65. The summed E-state index contributed by atoms with van der Waals surface area (Å²) in [6.07, 6.45) is 15.7. The van der Waals surface area contributed by atoms with Gasteiger partial charge in [-0.3, -0.25) is 4.79 Å². The lowest BCUT2D eigenvalue weighted by Crippen LogP contribution is -2.56. The molecule has 10 atom stereocenters. The Morgan fingerprint density at radius 1 is 1.15 bits per heavy atom. The van der Waals surface area contributed by atoms with Crippen LogP contribution in [0.4, 0.5) is 0 Å². The largest absolute Gasteiger partial charge is 0.366 e. The van der Waals surface area contributed by atoms with Gasteiger partial charge in [0.1, 0.15) is 0 Å². The normalized spacial score (nSPS) is 60.7. The highest BCUT2D eigenvalue weighted by Gasteiger charge is 2.79. The highest BCUT2D eigenvalue weighted by Crippen LogP contribution is 2.81. The minimum Gasteiger partial charge on any atom is -0.366 e. The third-order valence-corrected chi connectivity index (χ3v) is 10.3. The Bertz CT molecular complexity index is 764. The molecule has 0 bridgehead atoms. The number of hydrogen-bond donors (Lipinski definition) is 0. The standard InChI is InChI=1S/C24H30O2/c1-2-23-8-6-15-14-5-4-13(25)10-16(14)17-11-18(17)21(15)22(23)19-12-20(19)24(23)7-3-9-26-24/h3,7,10,14-15,17-22H,2,4-6,8-9,11-12H2,1H3/t14-,15?,17-,18-,19-,20+,21?,22?,23+,24+/m1/s1. The molecule has 0 radical (unpaired) electrons. The maximum Gasteiger partial charge on any atom is 0.155 e. The molecular formula is C24H30O2. The Labute approximate surface area is 156 Å². The summed E-state index contributed by atoms with van der Waals surface area (Å²) in [5.41, 5.74) is 2.09. The van der Waals surface area contributed by atoms with E-state index in [1.807, 2.05) is 0 Å². The van der Waals surface area contributed by atoms with Crippen LogP contribution in [0.2, 0.25) is 0 Å². The van der Waals surface area contributed by atoms with Gasteiger partial charge < -0.3 is 4.74 Å². The summed E-state index contributed by atoms with van der Waals surface area (Å²) in [6.45, 7) is 3.29. The lowest BCUT2D eigenvalue weighted by Gasteiger charge is -2.58. The fourth-order valence-corrected chi connectivity index (χ4v) is 9.48. The molecule has 0 amide bonds. The second-order valence-corrected chi connectivity index (χ2v) is 10.6. The second-order valence-electron chi connectivity index (χ2n) is 10.6. The SMILES string of the molecule is CC[C@]12CCC3C(C1[C@@H]1C[C@@H]1[C@@]21C=CCO1)[C@@H]1C[C@@H]1C1=CC(=O)CC[C@@H]13. The zero-order valence-corrected chi connectivity index (χ0v) is 15.8. The van der Waals surface area contributed by atoms with E-state index in [4.69, 9.17) is 4.74 Å². The molecule has 0 aromatic heterocycles. The lowest BCUT2D eigenvalue weighted by atomic mass is 9.48. The van der Waals surface area contributed by atoms with E-state index in [1.165, 1.54) is 32.1 Å². The zero-order valence-electron chi connectivity index (χ0n) is 15.8. The third kappa shape index (κ3) is 1.49. The van der Waals surface area contributed by atoms with Crippen molar-refractivity contribution in [2.24, 2.45) is 52.8 Å². The fraction of sp³-hybridized carbons (Fsp3) is 0.792. The molecule has 6 aliphatic carbocycles. The molecule has 7 aliphatic rings. The summed E-state index contributed by atoms with van der Waals surface area (Å²) in [4.78, 5) is 12.0. The molecule has 7 rings (SSSR count). The monoisotopic (exact) mass is 350 g/mol. The molecule has 5 saturated carbocycles. The molecule has 0 saturated heterocycles. The van der Waals surface area contributed by atoms with E-state index >= 15 is 0 Å². The van der Waals surface area contributed by atoms with Crippen molar-refractivity contribution in [2.75, 3.05) is 6.61 Å². The molecule has 138 valence electrons. The third-order valence-electron chi connectivity index (χ3n) is 10.3. The van der Waals surface area contributed by atoms with Crippen LogP contribution in [-0.2, 0) is 9.53 Å². The summed E-state index contributed by atoms with van der Waals surface area (Å²) in [5, 5.41) is 0. The van der Waals surface area contributed by atoms with Crippen LogP contribution in [0.1, 0.15) is 51.9 Å². The van der Waals surface area contributed by atoms with Crippen molar-refractivity contribution in [1.82, 2.24) is 0 Å². The topological polar surface area (TPSA) is 26.3 Å². The van der Waals surface area contributed by atoms with Gasteiger partial charge in [-0.1, -0.05) is 24.6 Å². The Balaban J connectivity index is 1.34. The van der Waals surface area contributed by atoms with Gasteiger partial charge in [-0.05, 0) is 91.9 Å². The van der Waals surface area contributed by atoms with Crippen LogP contribution < -0.4 is 0 Å². The maximum atomic E-state index is 12.0. The number of carbonyl (C=O) groups excluding carboxylic acids is 1. The van der Waals surface area contributed by atoms with Crippen LogP contribution in [0.5, 0.6) is 0 Å². The van der Waals surface area contributed by atoms with Crippen molar-refractivity contribution < 1.29 is 9.53 Å². The van der Waals surface area contributed by atoms with E-state index in [-0.39, 0.29) is 5.60 Å².